The van der Waals surface area contributed by atoms with Crippen LogP contribution in [-0.4, -0.2) is 31.9 Å². The van der Waals surface area contributed by atoms with Gasteiger partial charge in [0.05, 0.1) is 25.5 Å². The lowest BCUT2D eigenvalue weighted by molar-refractivity contribution is -0.113. The van der Waals surface area contributed by atoms with Crippen molar-refractivity contribution in [3.05, 3.63) is 101 Å². The lowest BCUT2D eigenvalue weighted by atomic mass is 10.1. The summed E-state index contributed by atoms with van der Waals surface area (Å²) in [4.78, 5) is 31.3. The summed E-state index contributed by atoms with van der Waals surface area (Å²) in [6.07, 6.45) is 1.71. The predicted molar refractivity (Wildman–Crippen MR) is 124 cm³/mol. The number of aryl methyl sites for hydroxylation is 1. The standard InChI is InChI=1S/C26H22N2O4/c1-17-5-4-6-21(15-17)28-24(19-11-13-22(31-2)14-12-19)27-23(25(28)29)16-18-7-9-20(10-8-18)26(30)32-3/h4-16H,1-3H3/b23-16+. The zero-order chi connectivity index (χ0) is 22.7. The first-order chi connectivity index (χ1) is 15.5. The second-order valence-electron chi connectivity index (χ2n) is 7.29. The SMILES string of the molecule is COC(=O)c1ccc(/C=C2/N=C(c3ccc(OC)cc3)N(c3cccc(C)c3)C2=O)cc1. The van der Waals surface area contributed by atoms with Gasteiger partial charge in [0.25, 0.3) is 5.91 Å². The van der Waals surface area contributed by atoms with Crippen LogP contribution < -0.4 is 9.64 Å². The molecule has 0 saturated carbocycles. The molecule has 1 heterocycles. The van der Waals surface area contributed by atoms with Crippen LogP contribution >= 0.6 is 0 Å². The van der Waals surface area contributed by atoms with E-state index in [0.717, 1.165) is 28.1 Å². The number of nitrogens with zero attached hydrogens (tertiary/aromatic N) is 2. The van der Waals surface area contributed by atoms with Gasteiger partial charge in [0.15, 0.2) is 0 Å². The lowest BCUT2D eigenvalue weighted by Crippen LogP contribution is -2.32. The quantitative estimate of drug-likeness (QED) is 0.441. The molecule has 1 aliphatic heterocycles. The van der Waals surface area contributed by atoms with Crippen LogP contribution in [0.3, 0.4) is 0 Å². The Hall–Kier alpha value is -4.19. The minimum absolute atomic E-state index is 0.224. The van der Waals surface area contributed by atoms with Crippen molar-refractivity contribution in [3.63, 3.8) is 0 Å². The third-order valence-corrected chi connectivity index (χ3v) is 5.10. The van der Waals surface area contributed by atoms with Gasteiger partial charge in [0.1, 0.15) is 17.3 Å². The Labute approximate surface area is 186 Å². The Bertz CT molecular complexity index is 1230. The van der Waals surface area contributed by atoms with E-state index in [1.54, 1.807) is 42.4 Å². The van der Waals surface area contributed by atoms with Gasteiger partial charge >= 0.3 is 5.97 Å². The van der Waals surface area contributed by atoms with Crippen molar-refractivity contribution in [3.8, 4) is 5.75 Å². The fraction of sp³-hybridized carbons (Fsp3) is 0.115. The van der Waals surface area contributed by atoms with Gasteiger partial charge < -0.3 is 9.47 Å². The average Bonchev–Trinajstić information content (AvgIpc) is 3.15. The Morgan fingerprint density at radius 2 is 1.69 bits per heavy atom. The largest absolute Gasteiger partial charge is 0.497 e. The number of carbonyl (C=O) groups excluding carboxylic acids is 2. The van der Waals surface area contributed by atoms with E-state index in [4.69, 9.17) is 9.47 Å². The summed E-state index contributed by atoms with van der Waals surface area (Å²) < 4.78 is 9.98. The molecule has 0 spiro atoms. The van der Waals surface area contributed by atoms with E-state index in [1.807, 2.05) is 55.5 Å². The van der Waals surface area contributed by atoms with Crippen LogP contribution in [0.15, 0.2) is 83.5 Å². The topological polar surface area (TPSA) is 68.2 Å². The smallest absolute Gasteiger partial charge is 0.337 e. The highest BCUT2D eigenvalue weighted by Crippen LogP contribution is 2.29. The second kappa shape index (κ2) is 8.89. The molecule has 0 aromatic heterocycles. The molecule has 0 unspecified atom stereocenters. The first-order valence-corrected chi connectivity index (χ1v) is 10.0. The van der Waals surface area contributed by atoms with Crippen molar-refractivity contribution in [1.82, 2.24) is 0 Å². The number of benzene rings is 3. The fourth-order valence-corrected chi connectivity index (χ4v) is 3.45. The fourth-order valence-electron chi connectivity index (χ4n) is 3.45. The Morgan fingerprint density at radius 3 is 2.31 bits per heavy atom. The van der Waals surface area contributed by atoms with E-state index >= 15 is 0 Å². The zero-order valence-electron chi connectivity index (χ0n) is 18.0. The first-order valence-electron chi connectivity index (χ1n) is 10.0. The molecule has 0 saturated heterocycles. The third kappa shape index (κ3) is 4.16. The Kier molecular flexibility index (Phi) is 5.85. The molecule has 0 bridgehead atoms. The summed E-state index contributed by atoms with van der Waals surface area (Å²) >= 11 is 0. The minimum Gasteiger partial charge on any atom is -0.497 e. The van der Waals surface area contributed by atoms with Gasteiger partial charge in [-0.05, 0) is 72.7 Å². The molecule has 0 atom stereocenters. The van der Waals surface area contributed by atoms with E-state index in [1.165, 1.54) is 7.11 Å². The van der Waals surface area contributed by atoms with E-state index in [-0.39, 0.29) is 5.91 Å². The molecule has 3 aromatic rings. The third-order valence-electron chi connectivity index (χ3n) is 5.10. The van der Waals surface area contributed by atoms with Crippen molar-refractivity contribution in [2.75, 3.05) is 19.1 Å². The number of hydrogen-bond acceptors (Lipinski definition) is 5. The number of anilines is 1. The van der Waals surface area contributed by atoms with Gasteiger partial charge in [0.2, 0.25) is 0 Å². The van der Waals surface area contributed by atoms with Crippen LogP contribution in [-0.2, 0) is 9.53 Å². The van der Waals surface area contributed by atoms with Gasteiger partial charge in [-0.3, -0.25) is 9.69 Å². The van der Waals surface area contributed by atoms with Gasteiger partial charge in [-0.25, -0.2) is 9.79 Å². The molecule has 4 rings (SSSR count). The van der Waals surface area contributed by atoms with Crippen molar-refractivity contribution in [2.24, 2.45) is 4.99 Å². The molecule has 1 amide bonds. The number of amides is 1. The van der Waals surface area contributed by atoms with Crippen LogP contribution in [0.2, 0.25) is 0 Å². The van der Waals surface area contributed by atoms with E-state index in [9.17, 15) is 9.59 Å². The van der Waals surface area contributed by atoms with Gasteiger partial charge in [0, 0.05) is 5.56 Å². The molecule has 0 fully saturated rings. The molecule has 6 nitrogen and oxygen atoms in total. The minimum atomic E-state index is -0.411. The molecule has 32 heavy (non-hydrogen) atoms. The number of aliphatic imine (C=N–C) groups is 1. The number of carbonyl (C=O) groups is 2. The number of amidine groups is 1. The molecule has 1 aliphatic rings. The maximum absolute atomic E-state index is 13.4. The molecule has 0 aliphatic carbocycles. The highest BCUT2D eigenvalue weighted by molar-refractivity contribution is 6.33. The number of ether oxygens (including phenoxy) is 2. The van der Waals surface area contributed by atoms with Gasteiger partial charge in [-0.1, -0.05) is 24.3 Å². The Morgan fingerprint density at radius 1 is 0.969 bits per heavy atom. The molecular weight excluding hydrogens is 404 g/mol. The maximum Gasteiger partial charge on any atom is 0.337 e. The first kappa shape index (κ1) is 21.1. The predicted octanol–water partition coefficient (Wildman–Crippen LogP) is 4.62. The van der Waals surface area contributed by atoms with Crippen LogP contribution in [0, 0.1) is 6.92 Å². The van der Waals surface area contributed by atoms with E-state index in [2.05, 4.69) is 4.99 Å². The summed E-state index contributed by atoms with van der Waals surface area (Å²) in [5, 5.41) is 0. The summed E-state index contributed by atoms with van der Waals surface area (Å²) in [7, 11) is 2.95. The Balaban J connectivity index is 1.76. The molecule has 3 aromatic carbocycles. The van der Waals surface area contributed by atoms with Crippen molar-refractivity contribution in [1.29, 1.82) is 0 Å². The van der Waals surface area contributed by atoms with E-state index in [0.29, 0.717) is 17.1 Å². The molecule has 0 N–H and O–H groups in total. The monoisotopic (exact) mass is 426 g/mol. The average molecular weight is 426 g/mol. The van der Waals surface area contributed by atoms with Crippen molar-refractivity contribution >= 4 is 29.5 Å². The maximum atomic E-state index is 13.4. The lowest BCUT2D eigenvalue weighted by Gasteiger charge is -2.19. The summed E-state index contributed by atoms with van der Waals surface area (Å²) in [5.74, 6) is 0.632. The highest BCUT2D eigenvalue weighted by Gasteiger charge is 2.32. The normalized spacial score (nSPS) is 14.5. The molecule has 6 heteroatoms. The zero-order valence-corrected chi connectivity index (χ0v) is 18.0. The number of esters is 1. The second-order valence-corrected chi connectivity index (χ2v) is 7.29. The molecule has 160 valence electrons. The number of methoxy groups -OCH3 is 2. The van der Waals surface area contributed by atoms with Crippen molar-refractivity contribution < 1.29 is 19.1 Å². The molecule has 0 radical (unpaired) electrons. The van der Waals surface area contributed by atoms with Crippen LogP contribution in [0.4, 0.5) is 5.69 Å². The van der Waals surface area contributed by atoms with Gasteiger partial charge in [-0.15, -0.1) is 0 Å². The van der Waals surface area contributed by atoms with Crippen LogP contribution in [0.25, 0.3) is 6.08 Å². The van der Waals surface area contributed by atoms with E-state index < -0.39 is 5.97 Å². The summed E-state index contributed by atoms with van der Waals surface area (Å²) in [6, 6.07) is 22.0. The highest BCUT2D eigenvalue weighted by atomic mass is 16.5. The summed E-state index contributed by atoms with van der Waals surface area (Å²) in [5.41, 5.74) is 4.09. The van der Waals surface area contributed by atoms with Crippen molar-refractivity contribution in [2.45, 2.75) is 6.92 Å². The van der Waals surface area contributed by atoms with Gasteiger partial charge in [-0.2, -0.15) is 0 Å². The van der Waals surface area contributed by atoms with Crippen LogP contribution in [0.1, 0.15) is 27.0 Å². The number of hydrogen-bond donors (Lipinski definition) is 0. The number of rotatable bonds is 5. The molecular formula is C26H22N2O4. The van der Waals surface area contributed by atoms with Crippen LogP contribution in [0.5, 0.6) is 5.75 Å². The summed E-state index contributed by atoms with van der Waals surface area (Å²) in [6.45, 7) is 1.98.